The van der Waals surface area contributed by atoms with Crippen molar-refractivity contribution < 1.29 is 14.3 Å². The van der Waals surface area contributed by atoms with E-state index in [-0.39, 0.29) is 12.3 Å². The zero-order chi connectivity index (χ0) is 17.4. The van der Waals surface area contributed by atoms with Crippen LogP contribution in [-0.2, 0) is 4.79 Å². The van der Waals surface area contributed by atoms with Crippen LogP contribution in [0.2, 0.25) is 5.02 Å². The molecule has 3 N–H and O–H groups in total. The van der Waals surface area contributed by atoms with E-state index in [2.05, 4.69) is 15.1 Å². The van der Waals surface area contributed by atoms with E-state index in [1.54, 1.807) is 0 Å². The smallest absolute Gasteiger partial charge is 0.318 e. The normalized spacial score (nSPS) is 15.9. The van der Waals surface area contributed by atoms with E-state index in [1.165, 1.54) is 0 Å². The van der Waals surface area contributed by atoms with Crippen LogP contribution in [0.3, 0.4) is 0 Å². The van der Waals surface area contributed by atoms with Crippen molar-refractivity contribution >= 4 is 23.5 Å². The van der Waals surface area contributed by atoms with Gasteiger partial charge in [-0.25, -0.2) is 4.79 Å². The number of nitrogens with two attached hydrogens (primary N) is 1. The number of hydrogen-bond acceptors (Lipinski definition) is 5. The van der Waals surface area contributed by atoms with Gasteiger partial charge in [0.05, 0.1) is 0 Å². The maximum absolute atomic E-state index is 11.4. The number of benzene rings is 1. The lowest BCUT2D eigenvalue weighted by molar-refractivity contribution is -0.120. The molecule has 1 aliphatic heterocycles. The van der Waals surface area contributed by atoms with Crippen LogP contribution in [-0.4, -0.2) is 67.6 Å². The first-order valence-corrected chi connectivity index (χ1v) is 8.33. The second kappa shape index (κ2) is 9.46. The monoisotopic (exact) mass is 354 g/mol. The quantitative estimate of drug-likeness (QED) is 0.760. The minimum Gasteiger partial charge on any atom is -0.492 e. The molecule has 0 saturated carbocycles. The summed E-state index contributed by atoms with van der Waals surface area (Å²) in [5, 5.41) is 2.77. The van der Waals surface area contributed by atoms with Crippen LogP contribution in [0.5, 0.6) is 5.75 Å². The SMILES string of the molecule is NC(=O)NC(=O)CCN1CCN(CCOc2ccc(Cl)cc2)CC1. The molecule has 1 aromatic carbocycles. The fourth-order valence-electron chi connectivity index (χ4n) is 2.52. The Morgan fingerprint density at radius 3 is 2.25 bits per heavy atom. The number of carbonyl (C=O) groups is 2. The van der Waals surface area contributed by atoms with E-state index in [9.17, 15) is 9.59 Å². The summed E-state index contributed by atoms with van der Waals surface area (Å²) in [6, 6.07) is 6.54. The molecule has 0 aliphatic carbocycles. The lowest BCUT2D eigenvalue weighted by Crippen LogP contribution is -2.48. The van der Waals surface area contributed by atoms with Gasteiger partial charge in [-0.1, -0.05) is 11.6 Å². The third-order valence-corrected chi connectivity index (χ3v) is 4.12. The molecule has 0 bridgehead atoms. The molecule has 7 nitrogen and oxygen atoms in total. The Bertz CT molecular complexity index is 545. The molecule has 0 spiro atoms. The molecular weight excluding hydrogens is 332 g/mol. The largest absolute Gasteiger partial charge is 0.492 e. The average molecular weight is 355 g/mol. The van der Waals surface area contributed by atoms with Crippen LogP contribution >= 0.6 is 11.6 Å². The number of rotatable bonds is 7. The molecule has 3 amide bonds. The van der Waals surface area contributed by atoms with Gasteiger partial charge in [-0.05, 0) is 24.3 Å². The number of urea groups is 1. The van der Waals surface area contributed by atoms with Gasteiger partial charge in [0.2, 0.25) is 5.91 Å². The number of primary amides is 1. The number of amides is 3. The number of ether oxygens (including phenoxy) is 1. The fourth-order valence-corrected chi connectivity index (χ4v) is 2.65. The summed E-state index contributed by atoms with van der Waals surface area (Å²) in [6.45, 7) is 5.77. The van der Waals surface area contributed by atoms with Crippen molar-refractivity contribution in [3.63, 3.8) is 0 Å². The summed E-state index contributed by atoms with van der Waals surface area (Å²) < 4.78 is 5.70. The van der Waals surface area contributed by atoms with E-state index in [0.29, 0.717) is 18.2 Å². The number of nitrogens with one attached hydrogen (secondary N) is 1. The van der Waals surface area contributed by atoms with Crippen molar-refractivity contribution in [1.29, 1.82) is 0 Å². The molecule has 0 radical (unpaired) electrons. The van der Waals surface area contributed by atoms with Crippen molar-refractivity contribution in [3.05, 3.63) is 29.3 Å². The van der Waals surface area contributed by atoms with Crippen LogP contribution in [0.1, 0.15) is 6.42 Å². The summed E-state index contributed by atoms with van der Waals surface area (Å²) >= 11 is 5.83. The van der Waals surface area contributed by atoms with Gasteiger partial charge in [0.15, 0.2) is 0 Å². The second-order valence-electron chi connectivity index (χ2n) is 5.65. The Morgan fingerprint density at radius 1 is 1.08 bits per heavy atom. The highest BCUT2D eigenvalue weighted by molar-refractivity contribution is 6.30. The second-order valence-corrected chi connectivity index (χ2v) is 6.08. The Balaban J connectivity index is 1.58. The van der Waals surface area contributed by atoms with Crippen LogP contribution in [0.4, 0.5) is 4.79 Å². The van der Waals surface area contributed by atoms with Crippen molar-refractivity contribution in [2.75, 3.05) is 45.9 Å². The van der Waals surface area contributed by atoms with Gasteiger partial charge in [-0.15, -0.1) is 0 Å². The highest BCUT2D eigenvalue weighted by atomic mass is 35.5. The number of imide groups is 1. The lowest BCUT2D eigenvalue weighted by atomic mass is 10.3. The maximum Gasteiger partial charge on any atom is 0.318 e. The fraction of sp³-hybridized carbons (Fsp3) is 0.500. The van der Waals surface area contributed by atoms with Crippen molar-refractivity contribution in [1.82, 2.24) is 15.1 Å². The van der Waals surface area contributed by atoms with Gasteiger partial charge in [-0.3, -0.25) is 15.0 Å². The summed E-state index contributed by atoms with van der Waals surface area (Å²) in [4.78, 5) is 26.5. The number of halogens is 1. The predicted molar refractivity (Wildman–Crippen MR) is 92.2 cm³/mol. The topological polar surface area (TPSA) is 87.9 Å². The molecule has 1 aliphatic rings. The third-order valence-electron chi connectivity index (χ3n) is 3.87. The Kier molecular flexibility index (Phi) is 7.30. The Hall–Kier alpha value is -1.83. The van der Waals surface area contributed by atoms with Crippen LogP contribution < -0.4 is 15.8 Å². The van der Waals surface area contributed by atoms with Crippen LogP contribution in [0, 0.1) is 0 Å². The zero-order valence-electron chi connectivity index (χ0n) is 13.5. The Morgan fingerprint density at radius 2 is 1.67 bits per heavy atom. The van der Waals surface area contributed by atoms with Crippen molar-refractivity contribution in [2.45, 2.75) is 6.42 Å². The molecule has 0 atom stereocenters. The highest BCUT2D eigenvalue weighted by Gasteiger charge is 2.17. The third kappa shape index (κ3) is 6.74. The standard InChI is InChI=1S/C16H23ClN4O3/c17-13-1-3-14(4-2-13)24-12-11-21-9-7-20(8-10-21)6-5-15(22)19-16(18)23/h1-4H,5-12H2,(H3,18,19,22,23). The minimum atomic E-state index is -0.800. The molecule has 2 rings (SSSR count). The van der Waals surface area contributed by atoms with Gasteiger partial charge in [0.25, 0.3) is 0 Å². The van der Waals surface area contributed by atoms with E-state index in [0.717, 1.165) is 38.5 Å². The van der Waals surface area contributed by atoms with Crippen LogP contribution in [0.15, 0.2) is 24.3 Å². The first kappa shape index (κ1) is 18.5. The van der Waals surface area contributed by atoms with Crippen LogP contribution in [0.25, 0.3) is 0 Å². The highest BCUT2D eigenvalue weighted by Crippen LogP contribution is 2.15. The summed E-state index contributed by atoms with van der Waals surface area (Å²) in [5.74, 6) is 0.486. The zero-order valence-corrected chi connectivity index (χ0v) is 14.3. The molecule has 1 aromatic rings. The minimum absolute atomic E-state index is 0.280. The molecule has 132 valence electrons. The first-order valence-electron chi connectivity index (χ1n) is 7.95. The molecule has 8 heteroatoms. The molecule has 1 heterocycles. The van der Waals surface area contributed by atoms with E-state index < -0.39 is 6.03 Å². The van der Waals surface area contributed by atoms with Gasteiger partial charge in [0.1, 0.15) is 12.4 Å². The summed E-state index contributed by atoms with van der Waals surface area (Å²) in [5.41, 5.74) is 4.91. The van der Waals surface area contributed by atoms with Crippen molar-refractivity contribution in [3.8, 4) is 5.75 Å². The molecule has 24 heavy (non-hydrogen) atoms. The van der Waals surface area contributed by atoms with Gasteiger partial charge >= 0.3 is 6.03 Å². The number of piperazine rings is 1. The van der Waals surface area contributed by atoms with Gasteiger partial charge in [-0.2, -0.15) is 0 Å². The van der Waals surface area contributed by atoms with Crippen molar-refractivity contribution in [2.24, 2.45) is 5.73 Å². The maximum atomic E-state index is 11.4. The number of nitrogens with zero attached hydrogens (tertiary/aromatic N) is 2. The van der Waals surface area contributed by atoms with Gasteiger partial charge < -0.3 is 15.4 Å². The number of hydrogen-bond donors (Lipinski definition) is 2. The van der Waals surface area contributed by atoms with E-state index in [1.807, 2.05) is 24.3 Å². The molecular formula is C16H23ClN4O3. The molecule has 0 unspecified atom stereocenters. The van der Waals surface area contributed by atoms with Gasteiger partial charge in [0, 0.05) is 50.7 Å². The average Bonchev–Trinajstić information content (AvgIpc) is 2.55. The predicted octanol–water partition coefficient (Wildman–Crippen LogP) is 0.921. The summed E-state index contributed by atoms with van der Waals surface area (Å²) in [6.07, 6.45) is 0.280. The van der Waals surface area contributed by atoms with E-state index in [4.69, 9.17) is 22.1 Å². The van der Waals surface area contributed by atoms with E-state index >= 15 is 0 Å². The molecule has 0 aromatic heterocycles. The molecule has 1 saturated heterocycles. The number of carbonyl (C=O) groups excluding carboxylic acids is 2. The molecule has 1 fully saturated rings. The lowest BCUT2D eigenvalue weighted by Gasteiger charge is -2.34. The summed E-state index contributed by atoms with van der Waals surface area (Å²) in [7, 11) is 0. The Labute approximate surface area is 146 Å². The first-order chi connectivity index (χ1) is 11.5.